The largest absolute Gasteiger partial charge is 0.457 e. The van der Waals surface area contributed by atoms with Gasteiger partial charge < -0.3 is 24.5 Å². The van der Waals surface area contributed by atoms with Gasteiger partial charge in [-0.05, 0) is 86.5 Å². The van der Waals surface area contributed by atoms with Crippen LogP contribution in [0.25, 0.3) is 11.0 Å². The van der Waals surface area contributed by atoms with Gasteiger partial charge in [0.25, 0.3) is 0 Å². The Labute approximate surface area is 259 Å². The van der Waals surface area contributed by atoms with Crippen LogP contribution < -0.4 is 5.73 Å². The lowest BCUT2D eigenvalue weighted by atomic mass is 9.75. The number of hydrogen-bond acceptors (Lipinski definition) is 7. The van der Waals surface area contributed by atoms with E-state index < -0.39 is 24.7 Å². The molecule has 2 saturated carbocycles. The summed E-state index contributed by atoms with van der Waals surface area (Å²) in [5.74, 6) is 0.429. The van der Waals surface area contributed by atoms with Crippen molar-refractivity contribution in [3.05, 3.63) is 35.6 Å². The standard InChI is InChI=1S/C35H47FN2O6/c36-20-29(37)24-9-11-25(12-10-24)34(40)38-15-14-28(23-5-2-1-3-6-23)33(38)30(39)18-22-8-13-31-26(17-22)19-32(44-31)35(41)43-21-27-7-4-16-42-27/h8,13,17,19,23-25,27-29,33H,1-7,9-12,14-16,18,20-21,37H2/t24?,25?,27-,28+,29-,33+/m1/s1. The van der Waals surface area contributed by atoms with E-state index >= 15 is 0 Å². The van der Waals surface area contributed by atoms with Crippen LogP contribution in [-0.4, -0.2) is 67.2 Å². The number of amides is 1. The van der Waals surface area contributed by atoms with Crippen molar-refractivity contribution < 1.29 is 32.7 Å². The van der Waals surface area contributed by atoms with Crippen molar-refractivity contribution in [1.29, 1.82) is 0 Å². The second-order valence-electron chi connectivity index (χ2n) is 13.6. The van der Waals surface area contributed by atoms with E-state index in [1.807, 2.05) is 17.0 Å². The topological polar surface area (TPSA) is 112 Å². The number of alkyl halides is 1. The summed E-state index contributed by atoms with van der Waals surface area (Å²) < 4.78 is 29.9. The van der Waals surface area contributed by atoms with Gasteiger partial charge in [0.15, 0.2) is 5.78 Å². The van der Waals surface area contributed by atoms with Gasteiger partial charge >= 0.3 is 5.97 Å². The number of nitrogens with two attached hydrogens (primary N) is 1. The average Bonchev–Trinajstić information content (AvgIpc) is 3.83. The molecule has 2 aliphatic carbocycles. The van der Waals surface area contributed by atoms with Gasteiger partial charge in [-0.2, -0.15) is 0 Å². The summed E-state index contributed by atoms with van der Waals surface area (Å²) in [6.45, 7) is 1.00. The maximum atomic E-state index is 14.1. The smallest absolute Gasteiger partial charge is 0.374 e. The second kappa shape index (κ2) is 14.1. The van der Waals surface area contributed by atoms with Gasteiger partial charge in [0.1, 0.15) is 18.9 Å². The van der Waals surface area contributed by atoms with Gasteiger partial charge in [0.2, 0.25) is 11.7 Å². The van der Waals surface area contributed by atoms with Gasteiger partial charge in [0, 0.05) is 36.9 Å². The number of carbonyl (C=O) groups excluding carboxylic acids is 3. The van der Waals surface area contributed by atoms with Crippen molar-refractivity contribution in [2.45, 2.75) is 102 Å². The summed E-state index contributed by atoms with van der Waals surface area (Å²) in [6, 6.07) is 6.37. The van der Waals surface area contributed by atoms with Crippen LogP contribution in [0.15, 0.2) is 28.7 Å². The molecule has 3 heterocycles. The third kappa shape index (κ3) is 6.89. The Kier molecular flexibility index (Phi) is 10.0. The molecule has 6 rings (SSSR count). The van der Waals surface area contributed by atoms with Gasteiger partial charge in [-0.3, -0.25) is 9.59 Å². The number of fused-ring (bicyclic) bond motifs is 1. The molecule has 8 nitrogen and oxygen atoms in total. The van der Waals surface area contributed by atoms with Crippen LogP contribution in [0.4, 0.5) is 4.39 Å². The molecule has 4 atom stereocenters. The minimum absolute atomic E-state index is 0.0601. The molecule has 4 fully saturated rings. The summed E-state index contributed by atoms with van der Waals surface area (Å²) >= 11 is 0. The van der Waals surface area contributed by atoms with E-state index in [9.17, 15) is 18.8 Å². The first kappa shape index (κ1) is 31.2. The number of ether oxygens (including phenoxy) is 2. The van der Waals surface area contributed by atoms with Crippen LogP contribution in [0, 0.1) is 23.7 Å². The third-order valence-corrected chi connectivity index (χ3v) is 10.8. The number of carbonyl (C=O) groups is 3. The average molecular weight is 611 g/mol. The van der Waals surface area contributed by atoms with Crippen molar-refractivity contribution in [3.63, 3.8) is 0 Å². The van der Waals surface area contributed by atoms with Crippen molar-refractivity contribution in [1.82, 2.24) is 4.90 Å². The van der Waals surface area contributed by atoms with Crippen LogP contribution in [0.3, 0.4) is 0 Å². The van der Waals surface area contributed by atoms with Crippen molar-refractivity contribution in [2.24, 2.45) is 29.4 Å². The first-order valence-electron chi connectivity index (χ1n) is 16.9. The molecule has 44 heavy (non-hydrogen) atoms. The zero-order chi connectivity index (χ0) is 30.6. The van der Waals surface area contributed by atoms with Gasteiger partial charge in [-0.15, -0.1) is 0 Å². The van der Waals surface area contributed by atoms with E-state index in [-0.39, 0.29) is 54.3 Å². The van der Waals surface area contributed by atoms with E-state index in [4.69, 9.17) is 19.6 Å². The van der Waals surface area contributed by atoms with E-state index in [0.717, 1.165) is 55.9 Å². The zero-order valence-corrected chi connectivity index (χ0v) is 25.7. The SMILES string of the molecule is N[C@H](CF)C1CCC(C(=O)N2CC[C@@H](C3CCCCC3)[C@H]2C(=O)Cc2ccc3oc(C(=O)OC[C@H]4CCCO4)cc3c2)CC1. The number of likely N-dealkylation sites (tertiary alicyclic amines) is 1. The molecule has 240 valence electrons. The molecule has 2 aliphatic heterocycles. The number of hydrogen-bond donors (Lipinski definition) is 1. The molecule has 2 saturated heterocycles. The maximum absolute atomic E-state index is 14.1. The number of furan rings is 1. The number of esters is 1. The second-order valence-corrected chi connectivity index (χ2v) is 13.6. The van der Waals surface area contributed by atoms with Crippen LogP contribution in [0.2, 0.25) is 0 Å². The lowest BCUT2D eigenvalue weighted by molar-refractivity contribution is -0.143. The number of benzene rings is 1. The molecule has 0 bridgehead atoms. The predicted molar refractivity (Wildman–Crippen MR) is 164 cm³/mol. The maximum Gasteiger partial charge on any atom is 0.374 e. The molecule has 4 aliphatic rings. The van der Waals surface area contributed by atoms with E-state index in [1.165, 1.54) is 19.3 Å². The summed E-state index contributed by atoms with van der Waals surface area (Å²) in [7, 11) is 0. The highest BCUT2D eigenvalue weighted by atomic mass is 19.1. The van der Waals surface area contributed by atoms with Crippen molar-refractivity contribution in [2.75, 3.05) is 26.4 Å². The number of nitrogens with zero attached hydrogens (tertiary/aromatic N) is 1. The normalized spacial score (nSPS) is 28.8. The highest BCUT2D eigenvalue weighted by Crippen LogP contribution is 2.41. The predicted octanol–water partition coefficient (Wildman–Crippen LogP) is 5.78. The van der Waals surface area contributed by atoms with Crippen LogP contribution >= 0.6 is 0 Å². The molecule has 0 radical (unpaired) electrons. The molecule has 2 N–H and O–H groups in total. The van der Waals surface area contributed by atoms with E-state index in [2.05, 4.69) is 0 Å². The molecule has 0 spiro atoms. The molecule has 1 aromatic carbocycles. The van der Waals surface area contributed by atoms with E-state index in [0.29, 0.717) is 37.5 Å². The lowest BCUT2D eigenvalue weighted by Crippen LogP contribution is -2.48. The highest BCUT2D eigenvalue weighted by Gasteiger charge is 2.46. The molecule has 2 aromatic rings. The Hall–Kier alpha value is -2.78. The highest BCUT2D eigenvalue weighted by molar-refractivity contribution is 5.94. The summed E-state index contributed by atoms with van der Waals surface area (Å²) in [5.41, 5.74) is 7.37. The van der Waals surface area contributed by atoms with Gasteiger partial charge in [-0.25, -0.2) is 9.18 Å². The first-order valence-corrected chi connectivity index (χ1v) is 16.9. The van der Waals surface area contributed by atoms with Gasteiger partial charge in [0.05, 0.1) is 12.1 Å². The minimum Gasteiger partial charge on any atom is -0.457 e. The fourth-order valence-electron chi connectivity index (χ4n) is 8.31. The summed E-state index contributed by atoms with van der Waals surface area (Å²) in [5, 5.41) is 0.741. The Bertz CT molecular complexity index is 1310. The summed E-state index contributed by atoms with van der Waals surface area (Å²) in [6.07, 6.45) is 11.7. The number of rotatable bonds is 10. The minimum atomic E-state index is -0.527. The molecule has 1 aromatic heterocycles. The number of ketones is 1. The number of Topliss-reactive ketones (excluding diaryl/α,β-unsaturated/α-hetero) is 1. The third-order valence-electron chi connectivity index (χ3n) is 10.8. The van der Waals surface area contributed by atoms with Crippen LogP contribution in [0.1, 0.15) is 93.2 Å². The lowest BCUT2D eigenvalue weighted by Gasteiger charge is -2.37. The number of halogens is 1. The fourth-order valence-corrected chi connectivity index (χ4v) is 8.31. The first-order chi connectivity index (χ1) is 21.4. The molecule has 0 unspecified atom stereocenters. The molecular weight excluding hydrogens is 563 g/mol. The molecular formula is C35H47FN2O6. The molecule has 9 heteroatoms. The zero-order valence-electron chi connectivity index (χ0n) is 25.7. The summed E-state index contributed by atoms with van der Waals surface area (Å²) in [4.78, 5) is 42.6. The van der Waals surface area contributed by atoms with Crippen LogP contribution in [-0.2, 0) is 25.5 Å². The van der Waals surface area contributed by atoms with Crippen molar-refractivity contribution >= 4 is 28.6 Å². The van der Waals surface area contributed by atoms with Gasteiger partial charge in [-0.1, -0.05) is 38.2 Å². The Morgan fingerprint density at radius 3 is 2.50 bits per heavy atom. The Morgan fingerprint density at radius 2 is 1.77 bits per heavy atom. The van der Waals surface area contributed by atoms with Crippen molar-refractivity contribution in [3.8, 4) is 0 Å². The van der Waals surface area contributed by atoms with E-state index in [1.54, 1.807) is 12.1 Å². The van der Waals surface area contributed by atoms with Crippen LogP contribution in [0.5, 0.6) is 0 Å². The Balaban J connectivity index is 1.15. The Morgan fingerprint density at radius 1 is 0.977 bits per heavy atom. The fraction of sp³-hybridized carbons (Fsp3) is 0.686. The monoisotopic (exact) mass is 610 g/mol. The molecule has 1 amide bonds. The quantitative estimate of drug-likeness (QED) is 0.340.